The van der Waals surface area contributed by atoms with Gasteiger partial charge in [-0.2, -0.15) is 0 Å². The van der Waals surface area contributed by atoms with Crippen molar-refractivity contribution in [3.8, 4) is 0 Å². The molecule has 1 aromatic rings. The maximum absolute atomic E-state index is 5.47. The van der Waals surface area contributed by atoms with Gasteiger partial charge in [-0.15, -0.1) is 0 Å². The van der Waals surface area contributed by atoms with E-state index in [1.54, 1.807) is 13.3 Å². The van der Waals surface area contributed by atoms with Gasteiger partial charge < -0.3 is 19.4 Å². The van der Waals surface area contributed by atoms with Gasteiger partial charge in [0.25, 0.3) is 0 Å². The van der Waals surface area contributed by atoms with Crippen LogP contribution in [-0.2, 0) is 16.0 Å². The van der Waals surface area contributed by atoms with Crippen LogP contribution < -0.4 is 5.32 Å². The topological polar surface area (TPSA) is 48.3 Å². The van der Waals surface area contributed by atoms with Gasteiger partial charge in [-0.1, -0.05) is 13.3 Å². The van der Waals surface area contributed by atoms with Crippen molar-refractivity contribution >= 4 is 5.95 Å². The molecule has 0 aliphatic heterocycles. The minimum atomic E-state index is 0.692. The van der Waals surface area contributed by atoms with Crippen molar-refractivity contribution in [1.29, 1.82) is 0 Å². The summed E-state index contributed by atoms with van der Waals surface area (Å²) >= 11 is 0. The standard InChI is InChI=1S/C12H23N3O2/c1-3-4-9-17-10-6-14-12-13-5-7-15(12)8-11-16-2/h5,7H,3-4,6,8-11H2,1-2H3,(H,13,14). The maximum atomic E-state index is 5.47. The van der Waals surface area contributed by atoms with Gasteiger partial charge in [0.15, 0.2) is 0 Å². The largest absolute Gasteiger partial charge is 0.383 e. The lowest BCUT2D eigenvalue weighted by Crippen LogP contribution is -2.14. The van der Waals surface area contributed by atoms with E-state index in [1.807, 2.05) is 10.8 Å². The highest BCUT2D eigenvalue weighted by Crippen LogP contribution is 2.03. The van der Waals surface area contributed by atoms with Gasteiger partial charge in [0, 0.05) is 39.2 Å². The summed E-state index contributed by atoms with van der Waals surface area (Å²) in [5.74, 6) is 0.876. The van der Waals surface area contributed by atoms with E-state index in [0.717, 1.165) is 38.7 Å². The molecule has 0 radical (unpaired) electrons. The SMILES string of the molecule is CCCCOCCNc1nccn1CCOC. The number of nitrogens with one attached hydrogen (secondary N) is 1. The summed E-state index contributed by atoms with van der Waals surface area (Å²) in [4.78, 5) is 4.24. The number of nitrogens with zero attached hydrogens (tertiary/aromatic N) is 2. The van der Waals surface area contributed by atoms with E-state index in [9.17, 15) is 0 Å². The number of ether oxygens (including phenoxy) is 2. The summed E-state index contributed by atoms with van der Waals surface area (Å²) in [6.07, 6.45) is 6.03. The fourth-order valence-corrected chi connectivity index (χ4v) is 1.43. The van der Waals surface area contributed by atoms with Gasteiger partial charge in [0.2, 0.25) is 5.95 Å². The van der Waals surface area contributed by atoms with Crippen LogP contribution in [0.4, 0.5) is 5.95 Å². The second-order valence-corrected chi connectivity index (χ2v) is 3.83. The zero-order valence-electron chi connectivity index (χ0n) is 10.8. The van der Waals surface area contributed by atoms with Gasteiger partial charge in [0.1, 0.15) is 0 Å². The van der Waals surface area contributed by atoms with E-state index in [4.69, 9.17) is 9.47 Å². The fourth-order valence-electron chi connectivity index (χ4n) is 1.43. The molecule has 5 heteroatoms. The van der Waals surface area contributed by atoms with E-state index in [-0.39, 0.29) is 0 Å². The van der Waals surface area contributed by atoms with Gasteiger partial charge in [-0.05, 0) is 6.42 Å². The number of unbranched alkanes of at least 4 members (excludes halogenated alkanes) is 1. The van der Waals surface area contributed by atoms with Crippen LogP contribution in [-0.4, -0.2) is 43.0 Å². The molecule has 0 atom stereocenters. The molecule has 0 aliphatic rings. The molecule has 0 aromatic carbocycles. The Morgan fingerprint density at radius 3 is 3.00 bits per heavy atom. The normalized spacial score (nSPS) is 10.7. The van der Waals surface area contributed by atoms with E-state index in [0.29, 0.717) is 6.61 Å². The molecule has 0 bridgehead atoms. The predicted molar refractivity (Wildman–Crippen MR) is 68.3 cm³/mol. The minimum absolute atomic E-state index is 0.692. The second-order valence-electron chi connectivity index (χ2n) is 3.83. The van der Waals surface area contributed by atoms with Crippen molar-refractivity contribution in [2.45, 2.75) is 26.3 Å². The van der Waals surface area contributed by atoms with Crippen molar-refractivity contribution < 1.29 is 9.47 Å². The molecular weight excluding hydrogens is 218 g/mol. The van der Waals surface area contributed by atoms with Crippen LogP contribution in [0.15, 0.2) is 12.4 Å². The molecule has 5 nitrogen and oxygen atoms in total. The van der Waals surface area contributed by atoms with E-state index >= 15 is 0 Å². The fraction of sp³-hybridized carbons (Fsp3) is 0.750. The number of anilines is 1. The van der Waals surface area contributed by atoms with E-state index < -0.39 is 0 Å². The first-order valence-electron chi connectivity index (χ1n) is 6.20. The Kier molecular flexibility index (Phi) is 7.42. The highest BCUT2D eigenvalue weighted by Gasteiger charge is 2.00. The molecule has 1 heterocycles. The van der Waals surface area contributed by atoms with Crippen molar-refractivity contribution in [2.24, 2.45) is 0 Å². The Hall–Kier alpha value is -1.07. The lowest BCUT2D eigenvalue weighted by Gasteiger charge is -2.09. The van der Waals surface area contributed by atoms with Crippen molar-refractivity contribution in [2.75, 3.05) is 38.8 Å². The third kappa shape index (κ3) is 5.70. The van der Waals surface area contributed by atoms with Crippen LogP contribution in [0.5, 0.6) is 0 Å². The minimum Gasteiger partial charge on any atom is -0.383 e. The average Bonchev–Trinajstić information content (AvgIpc) is 2.78. The van der Waals surface area contributed by atoms with Gasteiger partial charge >= 0.3 is 0 Å². The van der Waals surface area contributed by atoms with Gasteiger partial charge in [-0.3, -0.25) is 0 Å². The van der Waals surface area contributed by atoms with Crippen LogP contribution >= 0.6 is 0 Å². The van der Waals surface area contributed by atoms with Crippen molar-refractivity contribution in [1.82, 2.24) is 9.55 Å². The molecule has 0 amide bonds. The van der Waals surface area contributed by atoms with E-state index in [1.165, 1.54) is 6.42 Å². The first-order chi connectivity index (χ1) is 8.38. The number of hydrogen-bond acceptors (Lipinski definition) is 4. The summed E-state index contributed by atoms with van der Waals surface area (Å²) in [6.45, 7) is 6.02. The molecule has 98 valence electrons. The molecule has 1 aromatic heterocycles. The van der Waals surface area contributed by atoms with Crippen LogP contribution in [0.1, 0.15) is 19.8 Å². The average molecular weight is 241 g/mol. The summed E-state index contributed by atoms with van der Waals surface area (Å²) in [7, 11) is 1.70. The molecule has 0 unspecified atom stereocenters. The Labute approximate surface area is 103 Å². The van der Waals surface area contributed by atoms with Crippen molar-refractivity contribution in [3.63, 3.8) is 0 Å². The summed E-state index contributed by atoms with van der Waals surface area (Å²) < 4.78 is 12.5. The summed E-state index contributed by atoms with van der Waals surface area (Å²) in [6, 6.07) is 0. The summed E-state index contributed by atoms with van der Waals surface area (Å²) in [5, 5.41) is 3.25. The number of imidazole rings is 1. The summed E-state index contributed by atoms with van der Waals surface area (Å²) in [5.41, 5.74) is 0. The highest BCUT2D eigenvalue weighted by molar-refractivity contribution is 5.25. The molecule has 0 aliphatic carbocycles. The first kappa shape index (κ1) is 14.0. The third-order valence-corrected chi connectivity index (χ3v) is 2.42. The third-order valence-electron chi connectivity index (χ3n) is 2.42. The molecular formula is C12H23N3O2. The molecule has 0 saturated heterocycles. The molecule has 0 fully saturated rings. The smallest absolute Gasteiger partial charge is 0.202 e. The number of aromatic nitrogens is 2. The van der Waals surface area contributed by atoms with E-state index in [2.05, 4.69) is 17.2 Å². The lowest BCUT2D eigenvalue weighted by atomic mass is 10.4. The molecule has 17 heavy (non-hydrogen) atoms. The van der Waals surface area contributed by atoms with Gasteiger partial charge in [0.05, 0.1) is 13.2 Å². The van der Waals surface area contributed by atoms with Crippen LogP contribution in [0, 0.1) is 0 Å². The maximum Gasteiger partial charge on any atom is 0.202 e. The number of rotatable bonds is 10. The Bertz CT molecular complexity index is 289. The van der Waals surface area contributed by atoms with Crippen LogP contribution in [0.2, 0.25) is 0 Å². The van der Waals surface area contributed by atoms with Crippen LogP contribution in [0.3, 0.4) is 0 Å². The number of hydrogen-bond donors (Lipinski definition) is 1. The lowest BCUT2D eigenvalue weighted by molar-refractivity contribution is 0.140. The number of methoxy groups -OCH3 is 1. The zero-order chi connectivity index (χ0) is 12.3. The quantitative estimate of drug-likeness (QED) is 0.634. The molecule has 1 N–H and O–H groups in total. The monoisotopic (exact) mass is 241 g/mol. The predicted octanol–water partition coefficient (Wildman–Crippen LogP) is 1.76. The Balaban J connectivity index is 2.15. The highest BCUT2D eigenvalue weighted by atomic mass is 16.5. The Morgan fingerprint density at radius 1 is 1.35 bits per heavy atom. The molecule has 0 spiro atoms. The molecule has 1 rings (SSSR count). The zero-order valence-corrected chi connectivity index (χ0v) is 10.8. The van der Waals surface area contributed by atoms with Crippen molar-refractivity contribution in [3.05, 3.63) is 12.4 Å². The van der Waals surface area contributed by atoms with Crippen LogP contribution in [0.25, 0.3) is 0 Å². The first-order valence-corrected chi connectivity index (χ1v) is 6.20. The second kappa shape index (κ2) is 9.01. The Morgan fingerprint density at radius 2 is 2.24 bits per heavy atom. The van der Waals surface area contributed by atoms with Gasteiger partial charge in [-0.25, -0.2) is 4.98 Å². The molecule has 0 saturated carbocycles.